The van der Waals surface area contributed by atoms with Crippen LogP contribution in [0.2, 0.25) is 0 Å². The van der Waals surface area contributed by atoms with Crippen LogP contribution in [0.4, 0.5) is 0 Å². The Morgan fingerprint density at radius 3 is 2.40 bits per heavy atom. The lowest BCUT2D eigenvalue weighted by atomic mass is 10.2. The number of carbonyl (C=O) groups is 2. The molecule has 0 fully saturated rings. The Morgan fingerprint density at radius 2 is 1.76 bits per heavy atom. The van der Waals surface area contributed by atoms with Crippen molar-refractivity contribution < 1.29 is 23.5 Å². The van der Waals surface area contributed by atoms with Gasteiger partial charge in [0.1, 0.15) is 23.7 Å². The van der Waals surface area contributed by atoms with Gasteiger partial charge in [0.05, 0.1) is 12.7 Å². The van der Waals surface area contributed by atoms with Crippen molar-refractivity contribution in [2.75, 3.05) is 7.11 Å². The van der Waals surface area contributed by atoms with Gasteiger partial charge in [-0.1, -0.05) is 0 Å². The molecule has 0 aliphatic carbocycles. The molecule has 3 rings (SSSR count). The zero-order chi connectivity index (χ0) is 17.8. The lowest BCUT2D eigenvalue weighted by Gasteiger charge is -2.05. The molecule has 0 amide bonds. The molecule has 0 radical (unpaired) electrons. The molecule has 3 aromatic rings. The fourth-order valence-electron chi connectivity index (χ4n) is 2.42. The van der Waals surface area contributed by atoms with Gasteiger partial charge in [0, 0.05) is 18.1 Å². The lowest BCUT2D eigenvalue weighted by Crippen LogP contribution is -2.05. The minimum atomic E-state index is -0.487. The van der Waals surface area contributed by atoms with Gasteiger partial charge in [0.25, 0.3) is 0 Å². The fourth-order valence-corrected chi connectivity index (χ4v) is 2.42. The van der Waals surface area contributed by atoms with E-state index in [0.29, 0.717) is 22.6 Å². The molecule has 2 aromatic heterocycles. The molecule has 6 nitrogen and oxygen atoms in total. The fraction of sp³-hybridized carbons (Fsp3) is 0.158. The molecule has 6 heteroatoms. The Labute approximate surface area is 144 Å². The zero-order valence-corrected chi connectivity index (χ0v) is 13.9. The van der Waals surface area contributed by atoms with E-state index in [1.165, 1.54) is 13.2 Å². The van der Waals surface area contributed by atoms with Crippen LogP contribution in [0.3, 0.4) is 0 Å². The standard InChI is InChI=1S/C19H17NO5/c1-13-17(19(22)23-2)11-16(25-13)12-24-18(21)14-5-7-15(8-6-14)20-9-3-4-10-20/h3-11H,12H2,1-2H3. The quantitative estimate of drug-likeness (QED) is 0.665. The zero-order valence-electron chi connectivity index (χ0n) is 13.9. The van der Waals surface area contributed by atoms with Crippen LogP contribution < -0.4 is 0 Å². The van der Waals surface area contributed by atoms with E-state index in [1.807, 2.05) is 41.2 Å². The molecule has 0 saturated heterocycles. The van der Waals surface area contributed by atoms with Gasteiger partial charge < -0.3 is 18.5 Å². The highest BCUT2D eigenvalue weighted by Crippen LogP contribution is 2.17. The van der Waals surface area contributed by atoms with Crippen molar-refractivity contribution in [2.45, 2.75) is 13.5 Å². The van der Waals surface area contributed by atoms with Crippen LogP contribution in [0.15, 0.2) is 59.3 Å². The van der Waals surface area contributed by atoms with E-state index in [1.54, 1.807) is 19.1 Å². The summed E-state index contributed by atoms with van der Waals surface area (Å²) in [7, 11) is 1.30. The predicted octanol–water partition coefficient (Wildman–Crippen LogP) is 3.52. The molecule has 0 spiro atoms. The van der Waals surface area contributed by atoms with E-state index < -0.39 is 11.9 Å². The van der Waals surface area contributed by atoms with Gasteiger partial charge in [-0.2, -0.15) is 0 Å². The van der Waals surface area contributed by atoms with Crippen LogP contribution in [-0.2, 0) is 16.1 Å². The van der Waals surface area contributed by atoms with Crippen LogP contribution in [0.5, 0.6) is 0 Å². The summed E-state index contributed by atoms with van der Waals surface area (Å²) in [6, 6.07) is 12.4. The number of ether oxygens (including phenoxy) is 2. The number of aryl methyl sites for hydroxylation is 1. The third-order valence-electron chi connectivity index (χ3n) is 3.73. The number of benzene rings is 1. The van der Waals surface area contributed by atoms with Crippen LogP contribution in [0, 0.1) is 6.92 Å². The van der Waals surface area contributed by atoms with E-state index in [0.717, 1.165) is 5.69 Å². The number of carbonyl (C=O) groups excluding carboxylic acids is 2. The topological polar surface area (TPSA) is 70.7 Å². The molecular formula is C19H17NO5. The number of methoxy groups -OCH3 is 1. The molecule has 25 heavy (non-hydrogen) atoms. The highest BCUT2D eigenvalue weighted by atomic mass is 16.5. The van der Waals surface area contributed by atoms with Crippen molar-refractivity contribution in [1.29, 1.82) is 0 Å². The Bertz CT molecular complexity index is 875. The van der Waals surface area contributed by atoms with Crippen LogP contribution in [-0.4, -0.2) is 23.6 Å². The van der Waals surface area contributed by atoms with Gasteiger partial charge in [-0.25, -0.2) is 9.59 Å². The maximum atomic E-state index is 12.1. The van der Waals surface area contributed by atoms with E-state index in [-0.39, 0.29) is 6.61 Å². The Balaban J connectivity index is 1.64. The number of hydrogen-bond donors (Lipinski definition) is 0. The van der Waals surface area contributed by atoms with E-state index >= 15 is 0 Å². The Kier molecular flexibility index (Phi) is 4.70. The van der Waals surface area contributed by atoms with Crippen LogP contribution in [0.25, 0.3) is 5.69 Å². The minimum absolute atomic E-state index is 0.0595. The predicted molar refractivity (Wildman–Crippen MR) is 89.7 cm³/mol. The van der Waals surface area contributed by atoms with Crippen molar-refractivity contribution >= 4 is 11.9 Å². The number of aromatic nitrogens is 1. The third-order valence-corrected chi connectivity index (χ3v) is 3.73. The van der Waals surface area contributed by atoms with Crippen molar-refractivity contribution in [2.24, 2.45) is 0 Å². The van der Waals surface area contributed by atoms with Crippen molar-refractivity contribution in [1.82, 2.24) is 4.57 Å². The number of rotatable bonds is 5. The van der Waals surface area contributed by atoms with Crippen LogP contribution in [0.1, 0.15) is 32.2 Å². The summed E-state index contributed by atoms with van der Waals surface area (Å²) >= 11 is 0. The van der Waals surface area contributed by atoms with E-state index in [4.69, 9.17) is 9.15 Å². The molecule has 0 saturated carbocycles. The minimum Gasteiger partial charge on any atom is -0.465 e. The molecular weight excluding hydrogens is 322 g/mol. The third kappa shape index (κ3) is 3.63. The second-order valence-electron chi connectivity index (χ2n) is 5.39. The maximum absolute atomic E-state index is 12.1. The molecule has 0 aliphatic heterocycles. The molecule has 0 unspecified atom stereocenters. The molecule has 0 N–H and O–H groups in total. The maximum Gasteiger partial charge on any atom is 0.341 e. The first-order valence-electron chi connectivity index (χ1n) is 7.66. The largest absolute Gasteiger partial charge is 0.465 e. The van der Waals surface area contributed by atoms with Gasteiger partial charge in [-0.3, -0.25) is 0 Å². The summed E-state index contributed by atoms with van der Waals surface area (Å²) < 4.78 is 17.2. The van der Waals surface area contributed by atoms with Crippen LogP contribution >= 0.6 is 0 Å². The Hall–Kier alpha value is -3.28. The summed E-state index contributed by atoms with van der Waals surface area (Å²) in [5, 5.41) is 0. The summed E-state index contributed by atoms with van der Waals surface area (Å²) in [4.78, 5) is 23.7. The normalized spacial score (nSPS) is 10.5. The first kappa shape index (κ1) is 16.6. The summed E-state index contributed by atoms with van der Waals surface area (Å²) in [6.45, 7) is 1.59. The van der Waals surface area contributed by atoms with E-state index in [2.05, 4.69) is 4.74 Å². The van der Waals surface area contributed by atoms with Crippen molar-refractivity contribution in [3.8, 4) is 5.69 Å². The van der Waals surface area contributed by atoms with Gasteiger partial charge in [0.2, 0.25) is 0 Å². The molecule has 1 aromatic carbocycles. The van der Waals surface area contributed by atoms with Gasteiger partial charge >= 0.3 is 11.9 Å². The second-order valence-corrected chi connectivity index (χ2v) is 5.39. The van der Waals surface area contributed by atoms with Gasteiger partial charge in [-0.15, -0.1) is 0 Å². The first-order valence-corrected chi connectivity index (χ1v) is 7.66. The molecule has 2 heterocycles. The Morgan fingerprint density at radius 1 is 1.08 bits per heavy atom. The van der Waals surface area contributed by atoms with Crippen molar-refractivity contribution in [3.05, 3.63) is 77.5 Å². The average Bonchev–Trinajstić information content (AvgIpc) is 3.29. The number of nitrogens with zero attached hydrogens (tertiary/aromatic N) is 1. The van der Waals surface area contributed by atoms with Gasteiger partial charge in [0.15, 0.2) is 0 Å². The smallest absolute Gasteiger partial charge is 0.341 e. The number of esters is 2. The monoisotopic (exact) mass is 339 g/mol. The summed E-state index contributed by atoms with van der Waals surface area (Å²) in [5.74, 6) is -0.142. The lowest BCUT2D eigenvalue weighted by molar-refractivity contribution is 0.0444. The summed E-state index contributed by atoms with van der Waals surface area (Å²) in [6.07, 6.45) is 3.84. The molecule has 128 valence electrons. The highest BCUT2D eigenvalue weighted by Gasteiger charge is 2.16. The first-order chi connectivity index (χ1) is 12.1. The molecule has 0 bridgehead atoms. The molecule has 0 atom stereocenters. The molecule has 0 aliphatic rings. The highest BCUT2D eigenvalue weighted by molar-refractivity contribution is 5.91. The number of furan rings is 1. The second kappa shape index (κ2) is 7.09. The van der Waals surface area contributed by atoms with Crippen molar-refractivity contribution in [3.63, 3.8) is 0 Å². The number of hydrogen-bond acceptors (Lipinski definition) is 5. The SMILES string of the molecule is COC(=O)c1cc(COC(=O)c2ccc(-n3cccc3)cc2)oc1C. The summed E-state index contributed by atoms with van der Waals surface area (Å²) in [5.41, 5.74) is 1.71. The van der Waals surface area contributed by atoms with E-state index in [9.17, 15) is 9.59 Å². The average molecular weight is 339 g/mol. The van der Waals surface area contributed by atoms with Gasteiger partial charge in [-0.05, 0) is 49.4 Å².